The van der Waals surface area contributed by atoms with Gasteiger partial charge in [0, 0.05) is 5.69 Å². The molecule has 0 aliphatic rings. The second kappa shape index (κ2) is 8.62. The van der Waals surface area contributed by atoms with Crippen LogP contribution in [0.1, 0.15) is 0 Å². The van der Waals surface area contributed by atoms with Crippen LogP contribution in [0.3, 0.4) is 0 Å². The predicted molar refractivity (Wildman–Crippen MR) is 123 cm³/mol. The van der Waals surface area contributed by atoms with Crippen LogP contribution in [0.25, 0.3) is 10.2 Å². The third-order valence-electron chi connectivity index (χ3n) is 4.28. The van der Waals surface area contributed by atoms with Crippen molar-refractivity contribution < 1.29 is 17.9 Å². The molecule has 0 radical (unpaired) electrons. The van der Waals surface area contributed by atoms with Crippen LogP contribution in [0.4, 0.5) is 21.3 Å². The van der Waals surface area contributed by atoms with E-state index < -0.39 is 16.1 Å². The first-order valence-electron chi connectivity index (χ1n) is 9.14. The number of carbonyl (C=O) groups is 1. The number of carbonyl (C=O) groups excluding carboxylic acids is 1. The number of para-hydroxylation sites is 2. The molecule has 1 aromatic heterocycles. The van der Waals surface area contributed by atoms with Crippen LogP contribution in [-0.4, -0.2) is 26.5 Å². The number of amides is 2. The lowest BCUT2D eigenvalue weighted by molar-refractivity contribution is 0.262. The van der Waals surface area contributed by atoms with Crippen molar-refractivity contribution in [2.75, 3.05) is 22.5 Å². The van der Waals surface area contributed by atoms with Crippen molar-refractivity contribution in [2.24, 2.45) is 0 Å². The number of hydrogen-bond acceptors (Lipinski definition) is 6. The standard InChI is InChI=1S/C21H18N4O4S2/c1-29-18-10-6-5-9-16(18)23-20(26)22-14-11-12-19-17(13-14)24-21(30-19)25-31(27,28)15-7-3-2-4-8-15/h2-13H,1H3,(H,24,25)(H2,22,23,26). The summed E-state index contributed by atoms with van der Waals surface area (Å²) in [6.45, 7) is 0. The van der Waals surface area contributed by atoms with Gasteiger partial charge in [-0.2, -0.15) is 0 Å². The number of fused-ring (bicyclic) bond motifs is 1. The number of methoxy groups -OCH3 is 1. The molecule has 0 bridgehead atoms. The minimum Gasteiger partial charge on any atom is -0.495 e. The first-order chi connectivity index (χ1) is 14.9. The molecule has 0 fully saturated rings. The molecule has 3 N–H and O–H groups in total. The Morgan fingerprint density at radius 2 is 1.71 bits per heavy atom. The molecule has 0 aliphatic heterocycles. The number of sulfonamides is 1. The van der Waals surface area contributed by atoms with E-state index >= 15 is 0 Å². The quantitative estimate of drug-likeness (QED) is 0.389. The summed E-state index contributed by atoms with van der Waals surface area (Å²) >= 11 is 1.21. The van der Waals surface area contributed by atoms with Crippen LogP contribution in [0.2, 0.25) is 0 Å². The molecule has 8 nitrogen and oxygen atoms in total. The lowest BCUT2D eigenvalue weighted by Gasteiger charge is -2.10. The zero-order valence-corrected chi connectivity index (χ0v) is 18.0. The molecular weight excluding hydrogens is 436 g/mol. The number of thiazole rings is 1. The van der Waals surface area contributed by atoms with E-state index in [9.17, 15) is 13.2 Å². The number of ether oxygens (including phenoxy) is 1. The molecular formula is C21H18N4O4S2. The summed E-state index contributed by atoms with van der Waals surface area (Å²) in [5.74, 6) is 0.544. The van der Waals surface area contributed by atoms with Gasteiger partial charge in [-0.15, -0.1) is 0 Å². The maximum Gasteiger partial charge on any atom is 0.323 e. The van der Waals surface area contributed by atoms with Crippen LogP contribution >= 0.6 is 11.3 Å². The predicted octanol–water partition coefficient (Wildman–Crippen LogP) is 4.75. The highest BCUT2D eigenvalue weighted by Crippen LogP contribution is 2.30. The maximum atomic E-state index is 12.5. The third kappa shape index (κ3) is 4.76. The Bertz CT molecular complexity index is 1340. The van der Waals surface area contributed by atoms with E-state index in [0.29, 0.717) is 22.6 Å². The van der Waals surface area contributed by atoms with E-state index in [-0.39, 0.29) is 10.0 Å². The number of nitrogens with one attached hydrogen (secondary N) is 3. The Labute approximate surface area is 183 Å². The van der Waals surface area contributed by atoms with Crippen LogP contribution in [-0.2, 0) is 10.0 Å². The topological polar surface area (TPSA) is 109 Å². The molecule has 2 amide bonds. The second-order valence-corrected chi connectivity index (χ2v) is 9.11. The van der Waals surface area contributed by atoms with Gasteiger partial charge in [-0.05, 0) is 42.5 Å². The summed E-state index contributed by atoms with van der Waals surface area (Å²) in [5.41, 5.74) is 1.61. The molecule has 0 unspecified atom stereocenters. The van der Waals surface area contributed by atoms with Crippen LogP contribution in [0, 0.1) is 0 Å². The second-order valence-electron chi connectivity index (χ2n) is 6.40. The summed E-state index contributed by atoms with van der Waals surface area (Å²) in [4.78, 5) is 16.8. The van der Waals surface area contributed by atoms with Crippen molar-refractivity contribution in [3.8, 4) is 5.75 Å². The van der Waals surface area contributed by atoms with E-state index in [1.165, 1.54) is 30.6 Å². The normalized spacial score (nSPS) is 11.1. The highest BCUT2D eigenvalue weighted by atomic mass is 32.2. The van der Waals surface area contributed by atoms with Gasteiger partial charge in [0.25, 0.3) is 10.0 Å². The Kier molecular flexibility index (Phi) is 5.74. The number of nitrogens with zero attached hydrogens (tertiary/aromatic N) is 1. The van der Waals surface area contributed by atoms with Crippen molar-refractivity contribution in [3.63, 3.8) is 0 Å². The maximum absolute atomic E-state index is 12.5. The van der Waals surface area contributed by atoms with Gasteiger partial charge in [0.2, 0.25) is 0 Å². The van der Waals surface area contributed by atoms with Crippen LogP contribution < -0.4 is 20.1 Å². The molecule has 1 heterocycles. The number of benzene rings is 3. The average Bonchev–Trinajstić information content (AvgIpc) is 3.15. The zero-order valence-electron chi connectivity index (χ0n) is 16.3. The fraction of sp³-hybridized carbons (Fsp3) is 0.0476. The largest absolute Gasteiger partial charge is 0.495 e. The van der Waals surface area contributed by atoms with E-state index in [2.05, 4.69) is 20.3 Å². The molecule has 0 atom stereocenters. The van der Waals surface area contributed by atoms with E-state index in [0.717, 1.165) is 4.70 Å². The van der Waals surface area contributed by atoms with Crippen LogP contribution in [0.15, 0.2) is 77.7 Å². The van der Waals surface area contributed by atoms with Gasteiger partial charge >= 0.3 is 6.03 Å². The summed E-state index contributed by atoms with van der Waals surface area (Å²) < 4.78 is 33.5. The minimum absolute atomic E-state index is 0.157. The Morgan fingerprint density at radius 3 is 2.48 bits per heavy atom. The highest BCUT2D eigenvalue weighted by Gasteiger charge is 2.16. The molecule has 0 aliphatic carbocycles. The fourth-order valence-corrected chi connectivity index (χ4v) is 4.96. The van der Waals surface area contributed by atoms with Gasteiger partial charge in [0.1, 0.15) is 5.75 Å². The lowest BCUT2D eigenvalue weighted by Crippen LogP contribution is -2.19. The first kappa shape index (κ1) is 20.6. The molecule has 0 saturated heterocycles. The SMILES string of the molecule is COc1ccccc1NC(=O)Nc1ccc2sc(NS(=O)(=O)c3ccccc3)nc2c1. The molecule has 0 saturated carbocycles. The zero-order chi connectivity index (χ0) is 21.8. The van der Waals surface area contributed by atoms with Crippen molar-refractivity contribution in [3.05, 3.63) is 72.8 Å². The number of urea groups is 1. The Balaban J connectivity index is 1.49. The molecule has 4 rings (SSSR count). The third-order valence-corrected chi connectivity index (χ3v) is 6.71. The van der Waals surface area contributed by atoms with Crippen molar-refractivity contribution in [1.29, 1.82) is 0 Å². The fourth-order valence-electron chi connectivity index (χ4n) is 2.85. The van der Waals surface area contributed by atoms with Gasteiger partial charge in [0.05, 0.1) is 27.9 Å². The first-order valence-corrected chi connectivity index (χ1v) is 11.4. The van der Waals surface area contributed by atoms with E-state index in [1.54, 1.807) is 54.6 Å². The number of aromatic nitrogens is 1. The summed E-state index contributed by atoms with van der Waals surface area (Å²) in [7, 11) is -2.20. The van der Waals surface area contributed by atoms with E-state index in [4.69, 9.17) is 4.74 Å². The molecule has 10 heteroatoms. The molecule has 4 aromatic rings. The molecule has 0 spiro atoms. The van der Waals surface area contributed by atoms with Gasteiger partial charge in [-0.1, -0.05) is 41.7 Å². The van der Waals surface area contributed by atoms with Crippen LogP contribution in [0.5, 0.6) is 5.75 Å². The monoisotopic (exact) mass is 454 g/mol. The number of hydrogen-bond donors (Lipinski definition) is 3. The average molecular weight is 455 g/mol. The highest BCUT2D eigenvalue weighted by molar-refractivity contribution is 7.93. The molecule has 31 heavy (non-hydrogen) atoms. The number of rotatable bonds is 6. The Morgan fingerprint density at radius 1 is 0.968 bits per heavy atom. The van der Waals surface area contributed by atoms with E-state index in [1.807, 2.05) is 6.07 Å². The smallest absolute Gasteiger partial charge is 0.323 e. The summed E-state index contributed by atoms with van der Waals surface area (Å²) in [6.07, 6.45) is 0. The Hall–Kier alpha value is -3.63. The van der Waals surface area contributed by atoms with Gasteiger partial charge < -0.3 is 15.4 Å². The lowest BCUT2D eigenvalue weighted by atomic mass is 10.3. The molecule has 3 aromatic carbocycles. The van der Waals surface area contributed by atoms with Crippen molar-refractivity contribution in [2.45, 2.75) is 4.90 Å². The number of anilines is 3. The van der Waals surface area contributed by atoms with Crippen molar-refractivity contribution >= 4 is 54.1 Å². The summed E-state index contributed by atoms with van der Waals surface area (Å²) in [5, 5.41) is 5.71. The van der Waals surface area contributed by atoms with Gasteiger partial charge in [-0.3, -0.25) is 4.72 Å². The van der Waals surface area contributed by atoms with Crippen molar-refractivity contribution in [1.82, 2.24) is 4.98 Å². The summed E-state index contributed by atoms with van der Waals surface area (Å²) in [6, 6.07) is 19.9. The minimum atomic E-state index is -3.73. The molecule has 158 valence electrons. The van der Waals surface area contributed by atoms with Gasteiger partial charge in [-0.25, -0.2) is 18.2 Å². The van der Waals surface area contributed by atoms with Gasteiger partial charge in [0.15, 0.2) is 5.13 Å².